The van der Waals surface area contributed by atoms with Crippen molar-refractivity contribution in [2.45, 2.75) is 26.9 Å². The van der Waals surface area contributed by atoms with Gasteiger partial charge in [-0.1, -0.05) is 29.8 Å². The second-order valence-corrected chi connectivity index (χ2v) is 5.96. The molecule has 0 saturated carbocycles. The number of aromatic nitrogens is 2. The van der Waals surface area contributed by atoms with E-state index in [1.807, 2.05) is 32.0 Å². The number of para-hydroxylation sites is 1. The molecule has 0 aliphatic heterocycles. The molecule has 1 aromatic heterocycles. The molecule has 1 atom stereocenters. The van der Waals surface area contributed by atoms with Crippen LogP contribution in [0.4, 0.5) is 10.2 Å². The van der Waals surface area contributed by atoms with Crippen molar-refractivity contribution >= 4 is 11.7 Å². The molecular formula is C19H18FN3O3. The fraction of sp³-hybridized carbons (Fsp3) is 0.211. The molecule has 2 aromatic carbocycles. The van der Waals surface area contributed by atoms with E-state index in [1.165, 1.54) is 19.1 Å². The number of hydrogen-bond donors (Lipinski definition) is 1. The topological polar surface area (TPSA) is 77.3 Å². The quantitative estimate of drug-likeness (QED) is 0.751. The zero-order chi connectivity index (χ0) is 18.7. The first-order valence-electron chi connectivity index (χ1n) is 8.08. The summed E-state index contributed by atoms with van der Waals surface area (Å²) in [4.78, 5) is 12.4. The summed E-state index contributed by atoms with van der Waals surface area (Å²) in [5.74, 6) is -0.835. The maximum atomic E-state index is 13.7. The predicted octanol–water partition coefficient (Wildman–Crippen LogP) is 3.90. The Morgan fingerprint density at radius 1 is 1.19 bits per heavy atom. The standard InChI is InChI=1S/C19H18FN3O3/c1-11-8-9-12(2)14(10-11)17-18(23-26-22-17)21-19(24)13(3)25-16-7-5-4-6-15(16)20/h4-10,13H,1-3H3,(H,21,23,24). The lowest BCUT2D eigenvalue weighted by Crippen LogP contribution is -2.30. The molecule has 0 bridgehead atoms. The third-order valence-corrected chi connectivity index (χ3v) is 3.89. The second kappa shape index (κ2) is 7.35. The summed E-state index contributed by atoms with van der Waals surface area (Å²) in [7, 11) is 0. The number of nitrogens with zero attached hydrogens (tertiary/aromatic N) is 2. The summed E-state index contributed by atoms with van der Waals surface area (Å²) < 4.78 is 23.8. The van der Waals surface area contributed by atoms with Crippen LogP contribution in [0.3, 0.4) is 0 Å². The van der Waals surface area contributed by atoms with E-state index in [0.717, 1.165) is 16.7 Å². The number of amides is 1. The van der Waals surface area contributed by atoms with E-state index in [9.17, 15) is 9.18 Å². The minimum atomic E-state index is -0.935. The molecule has 0 spiro atoms. The lowest BCUT2D eigenvalue weighted by Gasteiger charge is -2.14. The summed E-state index contributed by atoms with van der Waals surface area (Å²) in [6, 6.07) is 11.8. The van der Waals surface area contributed by atoms with Gasteiger partial charge in [-0.2, -0.15) is 0 Å². The fourth-order valence-corrected chi connectivity index (χ4v) is 2.44. The van der Waals surface area contributed by atoms with Crippen LogP contribution in [0.25, 0.3) is 11.3 Å². The molecule has 3 aromatic rings. The van der Waals surface area contributed by atoms with Crippen molar-refractivity contribution in [3.05, 3.63) is 59.4 Å². The summed E-state index contributed by atoms with van der Waals surface area (Å²) in [6.07, 6.45) is -0.935. The van der Waals surface area contributed by atoms with Gasteiger partial charge in [0, 0.05) is 5.56 Å². The van der Waals surface area contributed by atoms with Gasteiger partial charge in [0.05, 0.1) is 0 Å². The van der Waals surface area contributed by atoms with Gasteiger partial charge >= 0.3 is 0 Å². The Morgan fingerprint density at radius 2 is 1.96 bits per heavy atom. The number of carbonyl (C=O) groups is 1. The highest BCUT2D eigenvalue weighted by molar-refractivity contribution is 5.96. The van der Waals surface area contributed by atoms with Crippen molar-refractivity contribution in [1.29, 1.82) is 0 Å². The van der Waals surface area contributed by atoms with Crippen molar-refractivity contribution in [1.82, 2.24) is 10.3 Å². The molecule has 26 heavy (non-hydrogen) atoms. The van der Waals surface area contributed by atoms with Crippen LogP contribution in [0.5, 0.6) is 5.75 Å². The number of halogens is 1. The first-order valence-corrected chi connectivity index (χ1v) is 8.08. The van der Waals surface area contributed by atoms with Crippen LogP contribution in [0, 0.1) is 19.7 Å². The Hall–Kier alpha value is -3.22. The van der Waals surface area contributed by atoms with Crippen molar-refractivity contribution in [3.63, 3.8) is 0 Å². The second-order valence-electron chi connectivity index (χ2n) is 5.96. The van der Waals surface area contributed by atoms with Crippen LogP contribution in [-0.4, -0.2) is 22.3 Å². The van der Waals surface area contributed by atoms with E-state index in [0.29, 0.717) is 5.69 Å². The third kappa shape index (κ3) is 3.72. The zero-order valence-corrected chi connectivity index (χ0v) is 14.6. The highest BCUT2D eigenvalue weighted by Crippen LogP contribution is 2.28. The van der Waals surface area contributed by atoms with Crippen molar-refractivity contribution in [2.75, 3.05) is 5.32 Å². The van der Waals surface area contributed by atoms with Gasteiger partial charge in [-0.15, -0.1) is 0 Å². The molecule has 0 fully saturated rings. The molecule has 0 radical (unpaired) electrons. The van der Waals surface area contributed by atoms with Gasteiger partial charge in [-0.3, -0.25) is 4.79 Å². The normalized spacial score (nSPS) is 11.8. The zero-order valence-electron chi connectivity index (χ0n) is 14.6. The summed E-state index contributed by atoms with van der Waals surface area (Å²) in [5.41, 5.74) is 3.25. The number of aryl methyl sites for hydroxylation is 2. The SMILES string of the molecule is Cc1ccc(C)c(-c2nonc2NC(=O)C(C)Oc2ccccc2F)c1. The number of rotatable bonds is 5. The lowest BCUT2D eigenvalue weighted by atomic mass is 10.0. The summed E-state index contributed by atoms with van der Waals surface area (Å²) in [5, 5.41) is 10.3. The number of hydrogen-bond acceptors (Lipinski definition) is 5. The molecule has 0 aliphatic rings. The first-order chi connectivity index (χ1) is 12.5. The van der Waals surface area contributed by atoms with Crippen LogP contribution in [-0.2, 0) is 4.79 Å². The van der Waals surface area contributed by atoms with Crippen LogP contribution in [0.1, 0.15) is 18.1 Å². The van der Waals surface area contributed by atoms with Crippen molar-refractivity contribution < 1.29 is 18.6 Å². The number of benzene rings is 2. The number of nitrogens with one attached hydrogen (secondary N) is 1. The van der Waals surface area contributed by atoms with Gasteiger partial charge in [0.2, 0.25) is 5.82 Å². The molecule has 1 heterocycles. The van der Waals surface area contributed by atoms with Crippen LogP contribution >= 0.6 is 0 Å². The molecule has 0 saturated heterocycles. The monoisotopic (exact) mass is 355 g/mol. The highest BCUT2D eigenvalue weighted by atomic mass is 19.1. The minimum absolute atomic E-state index is 0.00294. The Kier molecular flexibility index (Phi) is 4.97. The van der Waals surface area contributed by atoms with E-state index in [1.54, 1.807) is 12.1 Å². The van der Waals surface area contributed by atoms with E-state index in [-0.39, 0.29) is 11.6 Å². The Balaban J connectivity index is 1.77. The molecular weight excluding hydrogens is 337 g/mol. The van der Waals surface area contributed by atoms with Gasteiger partial charge in [0.25, 0.3) is 5.91 Å². The average Bonchev–Trinajstić information content (AvgIpc) is 3.07. The molecule has 7 heteroatoms. The maximum absolute atomic E-state index is 13.7. The van der Waals surface area contributed by atoms with E-state index >= 15 is 0 Å². The third-order valence-electron chi connectivity index (χ3n) is 3.89. The van der Waals surface area contributed by atoms with Crippen LogP contribution < -0.4 is 10.1 Å². The fourth-order valence-electron chi connectivity index (χ4n) is 2.44. The van der Waals surface area contributed by atoms with Gasteiger partial charge in [0.15, 0.2) is 23.4 Å². The van der Waals surface area contributed by atoms with E-state index in [4.69, 9.17) is 9.37 Å². The van der Waals surface area contributed by atoms with Gasteiger partial charge in [0.1, 0.15) is 0 Å². The smallest absolute Gasteiger partial charge is 0.266 e. The molecule has 1 unspecified atom stereocenters. The highest BCUT2D eigenvalue weighted by Gasteiger charge is 2.22. The van der Waals surface area contributed by atoms with E-state index < -0.39 is 17.8 Å². The van der Waals surface area contributed by atoms with Crippen molar-refractivity contribution in [3.8, 4) is 17.0 Å². The van der Waals surface area contributed by atoms with Gasteiger partial charge in [-0.05, 0) is 54.8 Å². The molecule has 134 valence electrons. The summed E-state index contributed by atoms with van der Waals surface area (Å²) in [6.45, 7) is 5.41. The Labute approximate surface area is 149 Å². The number of anilines is 1. The molecule has 1 amide bonds. The maximum Gasteiger partial charge on any atom is 0.266 e. The minimum Gasteiger partial charge on any atom is -0.478 e. The largest absolute Gasteiger partial charge is 0.478 e. The lowest BCUT2D eigenvalue weighted by molar-refractivity contribution is -0.122. The van der Waals surface area contributed by atoms with Gasteiger partial charge < -0.3 is 10.1 Å². The van der Waals surface area contributed by atoms with Crippen molar-refractivity contribution in [2.24, 2.45) is 0 Å². The number of carbonyl (C=O) groups excluding carboxylic acids is 1. The van der Waals surface area contributed by atoms with Gasteiger partial charge in [-0.25, -0.2) is 9.02 Å². The van der Waals surface area contributed by atoms with Crippen LogP contribution in [0.15, 0.2) is 47.1 Å². The first kappa shape index (κ1) is 17.6. The average molecular weight is 355 g/mol. The Bertz CT molecular complexity index is 939. The predicted molar refractivity (Wildman–Crippen MR) is 94.3 cm³/mol. The summed E-state index contributed by atoms with van der Waals surface area (Å²) >= 11 is 0. The molecule has 0 aliphatic carbocycles. The molecule has 1 N–H and O–H groups in total. The number of ether oxygens (including phenoxy) is 1. The molecule has 3 rings (SSSR count). The Morgan fingerprint density at radius 3 is 2.73 bits per heavy atom. The molecule has 6 nitrogen and oxygen atoms in total. The van der Waals surface area contributed by atoms with E-state index in [2.05, 4.69) is 15.6 Å². The van der Waals surface area contributed by atoms with Crippen LogP contribution in [0.2, 0.25) is 0 Å².